The number of carbonyl (C=O) groups is 3. The number of alkyl carbamates (subject to hydrolysis) is 1. The normalized spacial score (nSPS) is 11.2. The summed E-state index contributed by atoms with van der Waals surface area (Å²) in [4.78, 5) is 35.8. The van der Waals surface area contributed by atoms with Gasteiger partial charge in [-0.15, -0.1) is 0 Å². The number of hydrogen-bond donors (Lipinski definition) is 3. The van der Waals surface area contributed by atoms with Gasteiger partial charge in [-0.3, -0.25) is 9.59 Å². The van der Waals surface area contributed by atoms with E-state index in [0.717, 1.165) is 5.56 Å². The summed E-state index contributed by atoms with van der Waals surface area (Å²) in [6.07, 6.45) is -0.617. The second kappa shape index (κ2) is 10.6. The minimum Gasteiger partial charge on any atom is -0.508 e. The van der Waals surface area contributed by atoms with E-state index in [1.807, 2.05) is 30.3 Å². The molecule has 0 aliphatic heterocycles. The van der Waals surface area contributed by atoms with E-state index in [4.69, 9.17) is 4.74 Å². The number of benzene rings is 2. The van der Waals surface area contributed by atoms with E-state index >= 15 is 0 Å². The first-order valence-electron chi connectivity index (χ1n) is 8.57. The zero-order valence-corrected chi connectivity index (χ0v) is 15.4. The van der Waals surface area contributed by atoms with Gasteiger partial charge in [-0.1, -0.05) is 42.5 Å². The summed E-state index contributed by atoms with van der Waals surface area (Å²) in [6.45, 7) is -0.259. The lowest BCUT2D eigenvalue weighted by Gasteiger charge is -2.18. The van der Waals surface area contributed by atoms with Crippen molar-refractivity contribution in [3.63, 3.8) is 0 Å². The third kappa shape index (κ3) is 6.99. The maximum atomic E-state index is 12.4. The highest BCUT2D eigenvalue weighted by Gasteiger charge is 2.22. The fourth-order valence-electron chi connectivity index (χ4n) is 2.34. The van der Waals surface area contributed by atoms with Gasteiger partial charge in [-0.2, -0.15) is 0 Å². The zero-order chi connectivity index (χ0) is 20.4. The minimum atomic E-state index is -0.975. The molecule has 2 rings (SSSR count). The Kier molecular flexibility index (Phi) is 7.83. The maximum absolute atomic E-state index is 12.4. The smallest absolute Gasteiger partial charge is 0.408 e. The summed E-state index contributed by atoms with van der Waals surface area (Å²) in [5.74, 6) is -1.08. The average molecular weight is 386 g/mol. The standard InChI is InChI=1S/C20H22N2O6/c1-27-18(24)12-21-19(25)17(11-14-7-9-16(23)10-8-14)22-20(26)28-13-15-5-3-2-4-6-15/h2-10,17,23H,11-13H2,1H3,(H,21,25)(H,22,26)/t17-/m0/s1. The van der Waals surface area contributed by atoms with Gasteiger partial charge < -0.3 is 25.2 Å². The number of nitrogens with one attached hydrogen (secondary N) is 2. The van der Waals surface area contributed by atoms with Crippen LogP contribution < -0.4 is 10.6 Å². The van der Waals surface area contributed by atoms with E-state index < -0.39 is 24.0 Å². The van der Waals surface area contributed by atoms with Crippen LogP contribution in [0.2, 0.25) is 0 Å². The number of hydrogen-bond acceptors (Lipinski definition) is 6. The van der Waals surface area contributed by atoms with Crippen molar-refractivity contribution < 1.29 is 29.0 Å². The van der Waals surface area contributed by atoms with Crippen LogP contribution in [-0.4, -0.2) is 42.8 Å². The molecule has 28 heavy (non-hydrogen) atoms. The van der Waals surface area contributed by atoms with Crippen LogP contribution in [0.5, 0.6) is 5.75 Å². The van der Waals surface area contributed by atoms with Gasteiger partial charge >= 0.3 is 12.1 Å². The van der Waals surface area contributed by atoms with E-state index in [-0.39, 0.29) is 25.3 Å². The summed E-state index contributed by atoms with van der Waals surface area (Å²) in [7, 11) is 1.21. The van der Waals surface area contributed by atoms with Gasteiger partial charge in [0.15, 0.2) is 0 Å². The molecule has 0 aliphatic rings. The molecule has 0 bridgehead atoms. The summed E-state index contributed by atoms with van der Waals surface area (Å²) < 4.78 is 9.64. The van der Waals surface area contributed by atoms with Crippen molar-refractivity contribution in [2.45, 2.75) is 19.1 Å². The Bertz CT molecular complexity index is 792. The molecule has 0 saturated heterocycles. The molecule has 0 saturated carbocycles. The molecular formula is C20H22N2O6. The van der Waals surface area contributed by atoms with Gasteiger partial charge in [0.1, 0.15) is 24.9 Å². The van der Waals surface area contributed by atoms with Crippen molar-refractivity contribution >= 4 is 18.0 Å². The predicted molar refractivity (Wildman–Crippen MR) is 100 cm³/mol. The Morgan fingerprint density at radius 2 is 1.68 bits per heavy atom. The number of phenols is 1. The van der Waals surface area contributed by atoms with Crippen molar-refractivity contribution in [3.8, 4) is 5.75 Å². The maximum Gasteiger partial charge on any atom is 0.408 e. The molecule has 0 unspecified atom stereocenters. The van der Waals surface area contributed by atoms with E-state index in [1.165, 1.54) is 19.2 Å². The highest BCUT2D eigenvalue weighted by molar-refractivity contribution is 5.88. The Hall–Kier alpha value is -3.55. The van der Waals surface area contributed by atoms with Crippen LogP contribution in [0.4, 0.5) is 4.79 Å². The number of methoxy groups -OCH3 is 1. The number of phenolic OH excluding ortho intramolecular Hbond substituents is 1. The van der Waals surface area contributed by atoms with Gasteiger partial charge in [-0.05, 0) is 23.3 Å². The zero-order valence-electron chi connectivity index (χ0n) is 15.4. The first kappa shape index (κ1) is 20.8. The Morgan fingerprint density at radius 1 is 1.00 bits per heavy atom. The highest BCUT2D eigenvalue weighted by Crippen LogP contribution is 2.12. The largest absolute Gasteiger partial charge is 0.508 e. The van der Waals surface area contributed by atoms with Crippen LogP contribution in [-0.2, 0) is 32.1 Å². The third-order valence-corrected chi connectivity index (χ3v) is 3.83. The molecule has 3 N–H and O–H groups in total. The van der Waals surface area contributed by atoms with Gasteiger partial charge in [0, 0.05) is 6.42 Å². The second-order valence-corrected chi connectivity index (χ2v) is 5.92. The monoisotopic (exact) mass is 386 g/mol. The fraction of sp³-hybridized carbons (Fsp3) is 0.250. The lowest BCUT2D eigenvalue weighted by molar-refractivity contribution is -0.141. The van der Waals surface area contributed by atoms with E-state index in [0.29, 0.717) is 5.56 Å². The molecule has 2 amide bonds. The van der Waals surface area contributed by atoms with Gasteiger partial charge in [0.05, 0.1) is 7.11 Å². The molecule has 2 aromatic rings. The van der Waals surface area contributed by atoms with Crippen molar-refractivity contribution in [2.24, 2.45) is 0 Å². The summed E-state index contributed by atoms with van der Waals surface area (Å²) >= 11 is 0. The molecule has 0 heterocycles. The first-order valence-corrected chi connectivity index (χ1v) is 8.57. The highest BCUT2D eigenvalue weighted by atomic mass is 16.5. The molecule has 0 spiro atoms. The van der Waals surface area contributed by atoms with E-state index in [2.05, 4.69) is 15.4 Å². The van der Waals surface area contributed by atoms with Crippen molar-refractivity contribution in [2.75, 3.05) is 13.7 Å². The number of rotatable bonds is 8. The van der Waals surface area contributed by atoms with Crippen molar-refractivity contribution in [1.82, 2.24) is 10.6 Å². The van der Waals surface area contributed by atoms with Gasteiger partial charge in [0.25, 0.3) is 0 Å². The average Bonchev–Trinajstić information content (AvgIpc) is 2.72. The van der Waals surface area contributed by atoms with Crippen LogP contribution >= 0.6 is 0 Å². The lowest BCUT2D eigenvalue weighted by atomic mass is 10.1. The molecule has 8 nitrogen and oxygen atoms in total. The van der Waals surface area contributed by atoms with Crippen LogP contribution in [0.15, 0.2) is 54.6 Å². The molecular weight excluding hydrogens is 364 g/mol. The topological polar surface area (TPSA) is 114 Å². The third-order valence-electron chi connectivity index (χ3n) is 3.83. The molecule has 2 aromatic carbocycles. The lowest BCUT2D eigenvalue weighted by Crippen LogP contribution is -2.49. The molecule has 0 radical (unpaired) electrons. The first-order chi connectivity index (χ1) is 13.5. The van der Waals surface area contributed by atoms with Crippen LogP contribution in [0.1, 0.15) is 11.1 Å². The Morgan fingerprint density at radius 3 is 2.32 bits per heavy atom. The van der Waals surface area contributed by atoms with Crippen molar-refractivity contribution in [1.29, 1.82) is 0 Å². The van der Waals surface area contributed by atoms with Crippen LogP contribution in [0.25, 0.3) is 0 Å². The summed E-state index contributed by atoms with van der Waals surface area (Å²) in [5.41, 5.74) is 1.52. The SMILES string of the molecule is COC(=O)CNC(=O)[C@H](Cc1ccc(O)cc1)NC(=O)OCc1ccccc1. The molecule has 0 aromatic heterocycles. The molecule has 148 valence electrons. The second-order valence-electron chi connectivity index (χ2n) is 5.92. The Balaban J connectivity index is 1.99. The number of ether oxygens (including phenoxy) is 2. The molecule has 1 atom stereocenters. The quantitative estimate of drug-likeness (QED) is 0.593. The fourth-order valence-corrected chi connectivity index (χ4v) is 2.34. The van der Waals surface area contributed by atoms with E-state index in [1.54, 1.807) is 12.1 Å². The summed E-state index contributed by atoms with van der Waals surface area (Å²) in [6, 6.07) is 14.4. The summed E-state index contributed by atoms with van der Waals surface area (Å²) in [5, 5.41) is 14.3. The van der Waals surface area contributed by atoms with Gasteiger partial charge in [-0.25, -0.2) is 4.79 Å². The van der Waals surface area contributed by atoms with Crippen LogP contribution in [0, 0.1) is 0 Å². The van der Waals surface area contributed by atoms with Crippen molar-refractivity contribution in [3.05, 3.63) is 65.7 Å². The molecule has 8 heteroatoms. The number of amides is 2. The Labute approximate surface area is 162 Å². The number of aromatic hydroxyl groups is 1. The predicted octanol–water partition coefficient (Wildman–Crippen LogP) is 1.52. The molecule has 0 fully saturated rings. The van der Waals surface area contributed by atoms with E-state index in [9.17, 15) is 19.5 Å². The number of esters is 1. The van der Waals surface area contributed by atoms with Gasteiger partial charge in [0.2, 0.25) is 5.91 Å². The molecule has 0 aliphatic carbocycles. The minimum absolute atomic E-state index is 0.0579. The van der Waals surface area contributed by atoms with Crippen LogP contribution in [0.3, 0.4) is 0 Å². The number of carbonyl (C=O) groups excluding carboxylic acids is 3.